The summed E-state index contributed by atoms with van der Waals surface area (Å²) in [5, 5.41) is 9.31. The lowest BCUT2D eigenvalue weighted by molar-refractivity contribution is 0.0527. The minimum atomic E-state index is -0.436. The van der Waals surface area contributed by atoms with Crippen LogP contribution in [0.25, 0.3) is 0 Å². The van der Waals surface area contributed by atoms with E-state index in [1.54, 1.807) is 19.2 Å². The second kappa shape index (κ2) is 7.26. The molecule has 0 spiro atoms. The van der Waals surface area contributed by atoms with Crippen molar-refractivity contribution >= 4 is 17.5 Å². The predicted octanol–water partition coefficient (Wildman–Crippen LogP) is 1.58. The van der Waals surface area contributed by atoms with E-state index in [1.807, 2.05) is 4.90 Å². The quantitative estimate of drug-likeness (QED) is 0.774. The van der Waals surface area contributed by atoms with Gasteiger partial charge in [-0.2, -0.15) is 0 Å². The van der Waals surface area contributed by atoms with Crippen molar-refractivity contribution in [3.8, 4) is 0 Å². The van der Waals surface area contributed by atoms with Crippen LogP contribution in [0.15, 0.2) is 12.3 Å². The molecule has 0 unspecified atom stereocenters. The predicted molar refractivity (Wildman–Crippen MR) is 81.3 cm³/mol. The zero-order valence-electron chi connectivity index (χ0n) is 12.4. The molecular formula is C15H23N3O3. The van der Waals surface area contributed by atoms with Crippen LogP contribution in [-0.4, -0.2) is 41.9 Å². The number of carbonyl (C=O) groups is 1. The Bertz CT molecular complexity index is 487. The van der Waals surface area contributed by atoms with E-state index in [0.717, 1.165) is 12.8 Å². The van der Waals surface area contributed by atoms with Crippen LogP contribution < -0.4 is 10.6 Å². The van der Waals surface area contributed by atoms with Gasteiger partial charge in [0, 0.05) is 18.8 Å². The molecule has 116 valence electrons. The summed E-state index contributed by atoms with van der Waals surface area (Å²) in [7, 11) is 0. The average Bonchev–Trinajstić information content (AvgIpc) is 2.99. The van der Waals surface area contributed by atoms with Crippen molar-refractivity contribution in [3.63, 3.8) is 0 Å². The first-order valence-electron chi connectivity index (χ1n) is 7.48. The topological polar surface area (TPSA) is 88.7 Å². The number of rotatable bonds is 6. The molecule has 3 N–H and O–H groups in total. The minimum absolute atomic E-state index is 0.0290. The van der Waals surface area contributed by atoms with Gasteiger partial charge in [0.25, 0.3) is 0 Å². The van der Waals surface area contributed by atoms with E-state index >= 15 is 0 Å². The van der Waals surface area contributed by atoms with Gasteiger partial charge in [-0.05, 0) is 25.8 Å². The molecule has 1 aromatic heterocycles. The average molecular weight is 293 g/mol. The van der Waals surface area contributed by atoms with Crippen molar-refractivity contribution in [1.82, 2.24) is 4.98 Å². The highest BCUT2D eigenvalue weighted by atomic mass is 16.5. The summed E-state index contributed by atoms with van der Waals surface area (Å²) in [5.41, 5.74) is 6.79. The molecule has 6 nitrogen and oxygen atoms in total. The van der Waals surface area contributed by atoms with Gasteiger partial charge in [-0.3, -0.25) is 0 Å². The summed E-state index contributed by atoms with van der Waals surface area (Å²) in [6.45, 7) is 2.56. The monoisotopic (exact) mass is 293 g/mol. The van der Waals surface area contributed by atoms with Crippen molar-refractivity contribution in [2.24, 2.45) is 0 Å². The van der Waals surface area contributed by atoms with Gasteiger partial charge < -0.3 is 20.5 Å². The summed E-state index contributed by atoms with van der Waals surface area (Å²) in [6.07, 6.45) is 6.03. The maximum Gasteiger partial charge on any atom is 0.340 e. The molecule has 1 heterocycles. The van der Waals surface area contributed by atoms with Gasteiger partial charge in [0.1, 0.15) is 0 Å². The number of carbonyl (C=O) groups excluding carboxylic acids is 1. The number of pyridine rings is 1. The third-order valence-corrected chi connectivity index (χ3v) is 3.84. The lowest BCUT2D eigenvalue weighted by Crippen LogP contribution is -2.37. The van der Waals surface area contributed by atoms with Crippen molar-refractivity contribution < 1.29 is 14.6 Å². The van der Waals surface area contributed by atoms with Gasteiger partial charge in [-0.25, -0.2) is 9.78 Å². The molecule has 0 radical (unpaired) electrons. The van der Waals surface area contributed by atoms with E-state index in [-0.39, 0.29) is 6.61 Å². The molecule has 0 saturated heterocycles. The highest BCUT2D eigenvalue weighted by Gasteiger charge is 2.26. The van der Waals surface area contributed by atoms with Gasteiger partial charge in [-0.15, -0.1) is 0 Å². The third kappa shape index (κ3) is 3.44. The smallest absolute Gasteiger partial charge is 0.340 e. The number of nitrogen functional groups attached to an aromatic ring is 1. The summed E-state index contributed by atoms with van der Waals surface area (Å²) < 4.78 is 5.01. The highest BCUT2D eigenvalue weighted by molar-refractivity contribution is 5.97. The fourth-order valence-corrected chi connectivity index (χ4v) is 2.86. The molecule has 6 heteroatoms. The number of hydrogen-bond donors (Lipinski definition) is 2. The molecule has 0 aliphatic heterocycles. The van der Waals surface area contributed by atoms with Gasteiger partial charge in [0.05, 0.1) is 24.5 Å². The third-order valence-electron chi connectivity index (χ3n) is 3.84. The molecule has 21 heavy (non-hydrogen) atoms. The number of esters is 1. The van der Waals surface area contributed by atoms with E-state index in [0.29, 0.717) is 36.3 Å². The molecule has 0 amide bonds. The molecule has 0 aromatic carbocycles. The number of aliphatic hydroxyl groups excluding tert-OH is 1. The van der Waals surface area contributed by atoms with E-state index < -0.39 is 5.97 Å². The molecule has 1 aromatic rings. The van der Waals surface area contributed by atoms with E-state index in [1.165, 1.54) is 12.8 Å². The second-order valence-electron chi connectivity index (χ2n) is 5.17. The Kier molecular flexibility index (Phi) is 5.38. The SMILES string of the molecule is CCOC(=O)c1ccnc(N(CCO)C2CCCC2)c1N. The van der Waals surface area contributed by atoms with Gasteiger partial charge in [0.2, 0.25) is 0 Å². The summed E-state index contributed by atoms with van der Waals surface area (Å²) in [5.74, 6) is 0.135. The van der Waals surface area contributed by atoms with Crippen LogP contribution in [-0.2, 0) is 4.74 Å². The normalized spacial score (nSPS) is 15.1. The van der Waals surface area contributed by atoms with Crippen LogP contribution in [0.3, 0.4) is 0 Å². The van der Waals surface area contributed by atoms with Crippen LogP contribution in [0.4, 0.5) is 11.5 Å². The molecule has 0 bridgehead atoms. The maximum atomic E-state index is 11.9. The molecular weight excluding hydrogens is 270 g/mol. The number of nitrogens with zero attached hydrogens (tertiary/aromatic N) is 2. The second-order valence-corrected chi connectivity index (χ2v) is 5.17. The minimum Gasteiger partial charge on any atom is -0.462 e. The van der Waals surface area contributed by atoms with Crippen LogP contribution in [0.2, 0.25) is 0 Å². The van der Waals surface area contributed by atoms with Gasteiger partial charge in [0.15, 0.2) is 5.82 Å². The number of aromatic nitrogens is 1. The van der Waals surface area contributed by atoms with Crippen LogP contribution in [0.5, 0.6) is 0 Å². The Morgan fingerprint density at radius 2 is 2.24 bits per heavy atom. The zero-order valence-corrected chi connectivity index (χ0v) is 12.4. The first-order chi connectivity index (χ1) is 10.2. The fourth-order valence-electron chi connectivity index (χ4n) is 2.86. The first kappa shape index (κ1) is 15.6. The number of nitrogens with two attached hydrogens (primary N) is 1. The number of ether oxygens (including phenoxy) is 1. The van der Waals surface area contributed by atoms with Gasteiger partial charge in [-0.1, -0.05) is 12.8 Å². The molecule has 2 rings (SSSR count). The number of hydrogen-bond acceptors (Lipinski definition) is 6. The Labute approximate surface area is 124 Å². The Hall–Kier alpha value is -1.82. The maximum absolute atomic E-state index is 11.9. The molecule has 0 atom stereocenters. The zero-order chi connectivity index (χ0) is 15.2. The first-order valence-corrected chi connectivity index (χ1v) is 7.48. The van der Waals surface area contributed by atoms with Crippen molar-refractivity contribution in [1.29, 1.82) is 0 Å². The standard InChI is InChI=1S/C15H23N3O3/c1-2-21-15(20)12-7-8-17-14(13(12)16)18(9-10-19)11-5-3-4-6-11/h7-8,11,19H,2-6,9-10,16H2,1H3. The lowest BCUT2D eigenvalue weighted by atomic mass is 10.1. The van der Waals surface area contributed by atoms with Crippen LogP contribution in [0.1, 0.15) is 43.0 Å². The Balaban J connectivity index is 2.31. The summed E-state index contributed by atoms with van der Waals surface area (Å²) in [4.78, 5) is 18.3. The fraction of sp³-hybridized carbons (Fsp3) is 0.600. The summed E-state index contributed by atoms with van der Waals surface area (Å²) in [6, 6.07) is 1.90. The van der Waals surface area contributed by atoms with E-state index in [9.17, 15) is 9.90 Å². The largest absolute Gasteiger partial charge is 0.462 e. The Morgan fingerprint density at radius 3 is 2.86 bits per heavy atom. The van der Waals surface area contributed by atoms with Crippen molar-refractivity contribution in [3.05, 3.63) is 17.8 Å². The Morgan fingerprint density at radius 1 is 1.52 bits per heavy atom. The van der Waals surface area contributed by atoms with E-state index in [2.05, 4.69) is 4.98 Å². The molecule has 1 fully saturated rings. The number of anilines is 2. The molecule has 1 aliphatic rings. The summed E-state index contributed by atoms with van der Waals surface area (Å²) >= 11 is 0. The van der Waals surface area contributed by atoms with Crippen molar-refractivity contribution in [2.45, 2.75) is 38.6 Å². The van der Waals surface area contributed by atoms with Crippen LogP contribution in [0, 0.1) is 0 Å². The van der Waals surface area contributed by atoms with Gasteiger partial charge >= 0.3 is 5.97 Å². The lowest BCUT2D eigenvalue weighted by Gasteiger charge is -2.30. The molecule has 1 saturated carbocycles. The number of aliphatic hydroxyl groups is 1. The van der Waals surface area contributed by atoms with Crippen molar-refractivity contribution in [2.75, 3.05) is 30.4 Å². The van der Waals surface area contributed by atoms with Crippen LogP contribution >= 0.6 is 0 Å². The van der Waals surface area contributed by atoms with E-state index in [4.69, 9.17) is 10.5 Å². The molecule has 1 aliphatic carbocycles. The highest BCUT2D eigenvalue weighted by Crippen LogP contribution is 2.31.